The predicted molar refractivity (Wildman–Crippen MR) is 143 cm³/mol. The van der Waals surface area contributed by atoms with Gasteiger partial charge >= 0.3 is 221 Å². The van der Waals surface area contributed by atoms with Crippen molar-refractivity contribution in [3.05, 3.63) is 101 Å². The SMILES string of the molecule is CC(C)(C)c1cc2c(cc1-c1ccccc1)Cc1c-2cc(C(C)(C)C)c(-c2ccccc2)[c]1[Zr+3].[Cl-].[Cl-].[Cl-]. The minimum absolute atomic E-state index is 0. The maximum absolute atomic E-state index is 2.52. The van der Waals surface area contributed by atoms with E-state index in [9.17, 15) is 0 Å². The van der Waals surface area contributed by atoms with Gasteiger partial charge in [0.15, 0.2) is 0 Å². The molecular weight excluding hydrogens is 594 g/mol. The van der Waals surface area contributed by atoms with E-state index in [0.29, 0.717) is 0 Å². The summed E-state index contributed by atoms with van der Waals surface area (Å²) in [7, 11) is 0. The van der Waals surface area contributed by atoms with Gasteiger partial charge in [-0.15, -0.1) is 0 Å². The molecule has 4 aromatic carbocycles. The number of benzene rings is 4. The van der Waals surface area contributed by atoms with Crippen LogP contribution in [0.15, 0.2) is 78.9 Å². The molecule has 0 amide bonds. The Labute approximate surface area is 256 Å². The predicted octanol–water partition coefficient (Wildman–Crippen LogP) is -0.629. The van der Waals surface area contributed by atoms with Gasteiger partial charge < -0.3 is 37.2 Å². The molecule has 0 radical (unpaired) electrons. The first kappa shape index (κ1) is 31.8. The van der Waals surface area contributed by atoms with Gasteiger partial charge in [0.2, 0.25) is 0 Å². The van der Waals surface area contributed by atoms with Gasteiger partial charge in [-0.3, -0.25) is 0 Å². The Kier molecular flexibility index (Phi) is 10.2. The van der Waals surface area contributed by atoms with Gasteiger partial charge in [-0.05, 0) is 0 Å². The number of halogens is 3. The summed E-state index contributed by atoms with van der Waals surface area (Å²) in [6.45, 7) is 14.1. The van der Waals surface area contributed by atoms with Crippen molar-refractivity contribution in [2.45, 2.75) is 58.8 Å². The van der Waals surface area contributed by atoms with E-state index >= 15 is 0 Å². The normalized spacial score (nSPS) is 12.0. The van der Waals surface area contributed by atoms with Gasteiger partial charge in [-0.25, -0.2) is 0 Å². The van der Waals surface area contributed by atoms with Gasteiger partial charge in [-0.2, -0.15) is 0 Å². The largest absolute Gasteiger partial charge is 1.00 e. The number of hydrogen-bond donors (Lipinski definition) is 0. The Morgan fingerprint density at radius 3 is 1.57 bits per heavy atom. The van der Waals surface area contributed by atoms with Crippen LogP contribution >= 0.6 is 0 Å². The fraction of sp³-hybridized carbons (Fsp3) is 0.273. The van der Waals surface area contributed by atoms with Crippen molar-refractivity contribution < 1.29 is 61.9 Å². The van der Waals surface area contributed by atoms with Crippen LogP contribution in [-0.2, 0) is 42.0 Å². The van der Waals surface area contributed by atoms with Crippen LogP contribution in [0.3, 0.4) is 0 Å². The van der Waals surface area contributed by atoms with Crippen molar-refractivity contribution in [3.8, 4) is 33.4 Å². The van der Waals surface area contributed by atoms with E-state index < -0.39 is 0 Å². The molecule has 5 rings (SSSR count). The molecular formula is C33H33Cl3Zr. The van der Waals surface area contributed by atoms with Crippen LogP contribution in [0.25, 0.3) is 33.4 Å². The van der Waals surface area contributed by atoms with Gasteiger partial charge in [0.25, 0.3) is 0 Å². The first-order valence-corrected chi connectivity index (χ1v) is 13.5. The topological polar surface area (TPSA) is 0 Å². The molecule has 0 bridgehead atoms. The maximum Gasteiger partial charge on any atom is -1.00 e. The van der Waals surface area contributed by atoms with Crippen molar-refractivity contribution in [2.75, 3.05) is 0 Å². The summed E-state index contributed by atoms with van der Waals surface area (Å²) in [4.78, 5) is 0. The second-order valence-corrected chi connectivity index (χ2v) is 12.9. The Balaban J connectivity index is 0.00000160. The third-order valence-corrected chi connectivity index (χ3v) is 8.46. The van der Waals surface area contributed by atoms with Crippen LogP contribution in [0.2, 0.25) is 0 Å². The second kappa shape index (κ2) is 11.8. The Morgan fingerprint density at radius 1 is 0.568 bits per heavy atom. The van der Waals surface area contributed by atoms with Crippen molar-refractivity contribution in [3.63, 3.8) is 0 Å². The molecule has 1 aliphatic carbocycles. The van der Waals surface area contributed by atoms with Crippen LogP contribution in [0.5, 0.6) is 0 Å². The van der Waals surface area contributed by atoms with Crippen LogP contribution in [0, 0.1) is 0 Å². The average Bonchev–Trinajstić information content (AvgIpc) is 3.16. The molecule has 4 heteroatoms. The standard InChI is InChI=1S/C33H33.3ClH.Zr/c1-32(2,3)30-20-26-24(18-28(30)22-13-9-7-10-14-22)17-25-19-29(23-15-11-8-12-16-23)31(21-27(25)26)33(4,5)6;;;;/h7-16,18,20-21H,17H2,1-6H3;3*1H;/q;;;;+3/p-3. The molecule has 0 nitrogen and oxygen atoms in total. The van der Waals surface area contributed by atoms with Gasteiger partial charge in [-0.1, -0.05) is 0 Å². The van der Waals surface area contributed by atoms with Crippen molar-refractivity contribution in [1.29, 1.82) is 0 Å². The molecule has 0 atom stereocenters. The summed E-state index contributed by atoms with van der Waals surface area (Å²) >= 11 is 1.50. The molecule has 0 aliphatic heterocycles. The third-order valence-electron chi connectivity index (χ3n) is 7.10. The first-order valence-electron chi connectivity index (χ1n) is 12.3. The molecule has 1 aliphatic rings. The molecule has 0 fully saturated rings. The van der Waals surface area contributed by atoms with E-state index in [1.807, 2.05) is 0 Å². The average molecular weight is 627 g/mol. The third kappa shape index (κ3) is 5.96. The monoisotopic (exact) mass is 624 g/mol. The molecule has 190 valence electrons. The summed E-state index contributed by atoms with van der Waals surface area (Å²) in [5, 5.41) is 0. The molecule has 0 heterocycles. The quantitative estimate of drug-likeness (QED) is 0.245. The molecule has 0 saturated heterocycles. The Morgan fingerprint density at radius 2 is 1.05 bits per heavy atom. The Hall–Kier alpha value is -1.37. The second-order valence-electron chi connectivity index (χ2n) is 11.7. The number of fused-ring (bicyclic) bond motifs is 3. The fourth-order valence-electron chi connectivity index (χ4n) is 5.35. The van der Waals surface area contributed by atoms with Crippen LogP contribution < -0.4 is 40.5 Å². The van der Waals surface area contributed by atoms with Crippen LogP contribution in [0.4, 0.5) is 0 Å². The Bertz CT molecular complexity index is 1380. The zero-order valence-electron chi connectivity index (χ0n) is 22.3. The van der Waals surface area contributed by atoms with E-state index in [0.717, 1.165) is 6.42 Å². The number of rotatable bonds is 2. The van der Waals surface area contributed by atoms with E-state index in [4.69, 9.17) is 0 Å². The maximum atomic E-state index is 2.52. The zero-order chi connectivity index (χ0) is 24.3. The minimum Gasteiger partial charge on any atom is -1.00 e. The van der Waals surface area contributed by atoms with E-state index in [1.54, 1.807) is 0 Å². The molecule has 0 saturated carbocycles. The summed E-state index contributed by atoms with van der Waals surface area (Å²) in [6.07, 6.45) is 1.03. The van der Waals surface area contributed by atoms with Crippen LogP contribution in [0.1, 0.15) is 63.8 Å². The van der Waals surface area contributed by atoms with Crippen molar-refractivity contribution in [2.24, 2.45) is 0 Å². The van der Waals surface area contributed by atoms with Gasteiger partial charge in [0.05, 0.1) is 0 Å². The van der Waals surface area contributed by atoms with Crippen molar-refractivity contribution >= 4 is 3.27 Å². The molecule has 0 aromatic heterocycles. The smallest absolute Gasteiger partial charge is 1.00 e. The number of hydrogen-bond acceptors (Lipinski definition) is 0. The molecule has 4 aromatic rings. The zero-order valence-corrected chi connectivity index (χ0v) is 27.1. The van der Waals surface area contributed by atoms with E-state index in [-0.39, 0.29) is 48.1 Å². The minimum atomic E-state index is 0. The van der Waals surface area contributed by atoms with E-state index in [1.165, 1.54) is 83.6 Å². The molecule has 0 N–H and O–H groups in total. The summed E-state index contributed by atoms with van der Waals surface area (Å²) in [5.41, 5.74) is 14.4. The summed E-state index contributed by atoms with van der Waals surface area (Å²) in [5.74, 6) is 0. The first-order chi connectivity index (χ1) is 16.1. The van der Waals surface area contributed by atoms with Gasteiger partial charge in [0, 0.05) is 0 Å². The van der Waals surface area contributed by atoms with Gasteiger partial charge in [0.1, 0.15) is 0 Å². The molecule has 37 heavy (non-hydrogen) atoms. The summed E-state index contributed by atoms with van der Waals surface area (Å²) < 4.78 is 1.52. The summed E-state index contributed by atoms with van der Waals surface area (Å²) in [6, 6.07) is 29.4. The molecule has 0 unspecified atom stereocenters. The van der Waals surface area contributed by atoms with Crippen LogP contribution in [-0.4, -0.2) is 0 Å². The fourth-order valence-corrected chi connectivity index (χ4v) is 6.59. The van der Waals surface area contributed by atoms with E-state index in [2.05, 4.69) is 120 Å². The van der Waals surface area contributed by atoms with Crippen molar-refractivity contribution in [1.82, 2.24) is 0 Å². The molecule has 0 spiro atoms.